The van der Waals surface area contributed by atoms with Crippen LogP contribution in [0.15, 0.2) is 103 Å². The third-order valence-electron chi connectivity index (χ3n) is 17.8. The lowest BCUT2D eigenvalue weighted by Gasteiger charge is -2.32. The number of phenolic OH excluding ortho intramolecular Hbond substituents is 1. The number of phenols is 1. The summed E-state index contributed by atoms with van der Waals surface area (Å²) in [6.07, 6.45) is 2.77. The number of hydrogen-bond acceptors (Lipinski definition) is 17. The van der Waals surface area contributed by atoms with E-state index in [0.717, 1.165) is 11.1 Å². The van der Waals surface area contributed by atoms with Gasteiger partial charge in [-0.2, -0.15) is 23.5 Å². The molecule has 0 radical (unpaired) electrons. The van der Waals surface area contributed by atoms with Crippen LogP contribution in [-0.2, 0) is 83.5 Å². The Labute approximate surface area is 584 Å². The fourth-order valence-electron chi connectivity index (χ4n) is 12.5. The second-order valence-electron chi connectivity index (χ2n) is 25.5. The number of para-hydroxylation sites is 1. The fraction of sp³-hybridized carbons (Fsp3) is 0.435. The Kier molecular flexibility index (Phi) is 26.5. The first-order valence-corrected chi connectivity index (χ1v) is 35.5. The van der Waals surface area contributed by atoms with Gasteiger partial charge in [0.1, 0.15) is 59.4 Å². The highest BCUT2D eigenvalue weighted by molar-refractivity contribution is 7.98. The van der Waals surface area contributed by atoms with Crippen molar-refractivity contribution in [1.29, 1.82) is 0 Å². The molecule has 9 rings (SSSR count). The third-order valence-corrected chi connectivity index (χ3v) is 19.9. The number of nitrogens with one attached hydrogen (secondary N) is 12. The van der Waals surface area contributed by atoms with Gasteiger partial charge in [0.25, 0.3) is 0 Å². The summed E-state index contributed by atoms with van der Waals surface area (Å²) in [7, 11) is 0. The number of halogens is 1. The zero-order valence-corrected chi connectivity index (χ0v) is 56.9. The molecule has 2 bridgehead atoms. The van der Waals surface area contributed by atoms with Gasteiger partial charge in [-0.05, 0) is 116 Å². The van der Waals surface area contributed by atoms with Crippen molar-refractivity contribution in [3.05, 3.63) is 137 Å². The quantitative estimate of drug-likeness (QED) is 0.0637. The number of thioether (sulfide) groups is 2. The Bertz CT molecular complexity index is 3950. The van der Waals surface area contributed by atoms with Gasteiger partial charge >= 0.3 is 5.97 Å². The summed E-state index contributed by atoms with van der Waals surface area (Å²) in [4.78, 5) is 165. The Morgan fingerprint density at radius 1 is 0.700 bits per heavy atom. The Balaban J connectivity index is 1.05. The van der Waals surface area contributed by atoms with Crippen LogP contribution < -0.4 is 64.6 Å². The van der Waals surface area contributed by atoms with Crippen molar-refractivity contribution in [2.24, 2.45) is 11.5 Å². The molecule has 6 aromatic rings. The summed E-state index contributed by atoms with van der Waals surface area (Å²) < 4.78 is 15.0. The van der Waals surface area contributed by atoms with Crippen molar-refractivity contribution in [2.75, 3.05) is 44.4 Å². The van der Waals surface area contributed by atoms with E-state index in [9.17, 15) is 43.8 Å². The molecular formula is C69H86FN15O13S2. The maximum atomic E-state index is 15.4. The van der Waals surface area contributed by atoms with E-state index in [2.05, 4.69) is 63.1 Å². The highest BCUT2D eigenvalue weighted by Crippen LogP contribution is 2.27. The topological polar surface area (TPSA) is 435 Å². The van der Waals surface area contributed by atoms with Crippen LogP contribution in [0.1, 0.15) is 86.1 Å². The fourth-order valence-corrected chi connectivity index (χ4v) is 14.4. The first-order chi connectivity index (χ1) is 48.0. The number of carboxylic acid groups (broad SMARTS) is 1. The first-order valence-electron chi connectivity index (χ1n) is 33.2. The summed E-state index contributed by atoms with van der Waals surface area (Å²) in [5.41, 5.74) is 14.0. The number of fused-ring (bicyclic) bond motifs is 5. The van der Waals surface area contributed by atoms with E-state index in [1.807, 2.05) is 24.3 Å². The maximum Gasteiger partial charge on any atom is 0.305 e. The minimum atomic E-state index is -1.99. The van der Waals surface area contributed by atoms with E-state index < -0.39 is 144 Å². The van der Waals surface area contributed by atoms with Crippen molar-refractivity contribution in [2.45, 2.75) is 143 Å². The van der Waals surface area contributed by atoms with Crippen LogP contribution in [0, 0.1) is 5.82 Å². The molecule has 9 atom stereocenters. The van der Waals surface area contributed by atoms with Crippen molar-refractivity contribution >= 4 is 110 Å². The van der Waals surface area contributed by atoms with Crippen LogP contribution in [0.25, 0.3) is 21.8 Å². The van der Waals surface area contributed by atoms with Crippen LogP contribution in [0.2, 0.25) is 0 Å². The minimum Gasteiger partial charge on any atom is -0.508 e. The van der Waals surface area contributed by atoms with Gasteiger partial charge in [0.15, 0.2) is 0 Å². The van der Waals surface area contributed by atoms with Gasteiger partial charge in [-0.15, -0.1) is 0 Å². The number of aromatic nitrogens is 2. The predicted molar refractivity (Wildman–Crippen MR) is 374 cm³/mol. The zero-order chi connectivity index (χ0) is 71.5. The molecule has 10 amide bonds. The lowest BCUT2D eigenvalue weighted by atomic mass is 9.90. The van der Waals surface area contributed by atoms with Crippen LogP contribution >= 0.6 is 23.5 Å². The number of aromatic hydroxyl groups is 1. The summed E-state index contributed by atoms with van der Waals surface area (Å²) in [5, 5.41) is 49.4. The molecule has 5 heterocycles. The minimum absolute atomic E-state index is 0.0348. The number of hydrogen-bond donors (Lipinski definition) is 16. The molecule has 0 spiro atoms. The average molecular weight is 1420 g/mol. The monoisotopic (exact) mass is 1420 g/mol. The molecule has 0 saturated carbocycles. The molecule has 2 unspecified atom stereocenters. The van der Waals surface area contributed by atoms with Gasteiger partial charge in [-0.25, -0.2) is 4.39 Å². The molecule has 18 N–H and O–H groups in total. The van der Waals surface area contributed by atoms with Crippen LogP contribution in [0.3, 0.4) is 0 Å². The van der Waals surface area contributed by atoms with Gasteiger partial charge in [0.05, 0.1) is 13.0 Å². The number of benzene rings is 4. The molecule has 3 aliphatic heterocycles. The SMILES string of the molecule is C[C@@]1(Cc2c[nH]c3ccccc23)NC(=O)CNC(=O)C(CCCCN)NC(=O)CCSCc2cccc(c2)CSC[C@@H](C(N)=O)NC(=O)[C@@H]2CCCN2C(=O)[C@H](Cc2ccc(O)cc2)NC(=O)[C@H](CC2CNCN2)NC(=O)[C@H](CC(=O)O)NC(=O)[C@H](Cc2c[nH]c3ccc(F)cc23)NC1=O. The molecule has 0 aliphatic carbocycles. The number of nitrogens with zero attached hydrogens (tertiary/aromatic N) is 1. The molecule has 28 nitrogen and oxygen atoms in total. The Hall–Kier alpha value is -9.56. The number of aromatic amines is 2. The largest absolute Gasteiger partial charge is 0.508 e. The highest BCUT2D eigenvalue weighted by Gasteiger charge is 2.43. The van der Waals surface area contributed by atoms with Crippen LogP contribution in [-0.4, -0.2) is 188 Å². The van der Waals surface area contributed by atoms with Gasteiger partial charge in [-0.1, -0.05) is 54.6 Å². The van der Waals surface area contributed by atoms with Crippen molar-refractivity contribution in [1.82, 2.24) is 68.0 Å². The van der Waals surface area contributed by atoms with E-state index in [1.165, 1.54) is 84.0 Å². The van der Waals surface area contributed by atoms with Crippen molar-refractivity contribution < 1.29 is 67.3 Å². The van der Waals surface area contributed by atoms with Gasteiger partial charge < -0.3 is 89.7 Å². The number of carbonyl (C=O) groups is 11. The van der Waals surface area contributed by atoms with E-state index in [4.69, 9.17) is 11.5 Å². The lowest BCUT2D eigenvalue weighted by molar-refractivity contribution is -0.143. The summed E-state index contributed by atoms with van der Waals surface area (Å²) in [6, 6.07) is 14.0. The molecule has 2 aromatic heterocycles. The second-order valence-corrected chi connectivity index (χ2v) is 27.6. The normalized spacial score (nSPS) is 24.4. The molecule has 2 saturated heterocycles. The first kappa shape index (κ1) is 74.7. The van der Waals surface area contributed by atoms with Gasteiger partial charge in [-0.3, -0.25) is 52.7 Å². The van der Waals surface area contributed by atoms with Crippen molar-refractivity contribution in [3.63, 3.8) is 0 Å². The molecule has 4 aromatic carbocycles. The molecular weight excluding hydrogens is 1330 g/mol. The van der Waals surface area contributed by atoms with Gasteiger partial charge in [0, 0.05) is 109 Å². The number of carbonyl (C=O) groups excluding carboxylic acids is 10. The highest BCUT2D eigenvalue weighted by atomic mass is 32.2. The number of H-pyrrole nitrogens is 2. The Morgan fingerprint density at radius 3 is 2.13 bits per heavy atom. The number of aliphatic carboxylic acids is 1. The molecule has 31 heteroatoms. The number of rotatable bonds is 15. The van der Waals surface area contributed by atoms with Crippen LogP contribution in [0.4, 0.5) is 4.39 Å². The number of carboxylic acids is 1. The maximum absolute atomic E-state index is 15.4. The van der Waals surface area contributed by atoms with E-state index in [0.29, 0.717) is 89.2 Å². The molecule has 2 fully saturated rings. The Morgan fingerprint density at radius 2 is 1.40 bits per heavy atom. The number of primary amides is 1. The molecule has 3 aliphatic rings. The number of nitrogens with two attached hydrogens (primary N) is 2. The number of unbranched alkanes of at least 4 members (excludes halogenated alkanes) is 1. The zero-order valence-electron chi connectivity index (χ0n) is 55.3. The smallest absolute Gasteiger partial charge is 0.305 e. The molecule has 100 heavy (non-hydrogen) atoms. The lowest BCUT2D eigenvalue weighted by Crippen LogP contribution is -2.64. The summed E-state index contributed by atoms with van der Waals surface area (Å²) >= 11 is 2.83. The van der Waals surface area contributed by atoms with Crippen LogP contribution in [0.5, 0.6) is 5.75 Å². The summed E-state index contributed by atoms with van der Waals surface area (Å²) in [5.74, 6) is -9.27. The van der Waals surface area contributed by atoms with Crippen molar-refractivity contribution in [3.8, 4) is 5.75 Å². The van der Waals surface area contributed by atoms with E-state index in [-0.39, 0.29) is 62.1 Å². The second kappa shape index (κ2) is 35.5. The standard InChI is InChI=1S/C69H86FN15O13S2/c1-69(30-43-32-75-49-11-3-2-10-47(43)49)68(98)83-52(26-42-31-74-50-19-16-44(70)27-48(42)50)63(93)80-54(29-60(89)90)65(95)79-53(28-45-33-73-38-77-45)64(94)81-55(25-39-14-17-46(86)18-15-39)67(97)85-22-7-13-57(85)66(96)82-56(61(72)91)37-100-36-41-9-6-8-40(24-41)35-99-23-20-58(87)78-51(12-4-5-21-71)62(92)76-34-59(88)84-69/h2-3,6,8-11,14-19,24,27,31-32,45,51-57,73-75,77,86H,4-5,7,12-13,20-23,25-26,28-30,33-38,71H2,1H3,(H2,72,91)(H,76,92)(H,78,87)(H,79,95)(H,80,93)(H,81,94)(H,82,96)(H,83,98)(H,84,88)(H,89,90)/t45?,51?,52-,53-,54-,55-,56-,57-,69-/m0/s1. The van der Waals surface area contributed by atoms with Gasteiger partial charge in [0.2, 0.25) is 59.1 Å². The molecule has 534 valence electrons. The number of amides is 10. The average Bonchev–Trinajstić information content (AvgIpc) is 1.58. The summed E-state index contributed by atoms with van der Waals surface area (Å²) in [6.45, 7) is 1.70. The van der Waals surface area contributed by atoms with E-state index >= 15 is 23.6 Å². The van der Waals surface area contributed by atoms with E-state index in [1.54, 1.807) is 30.5 Å². The predicted octanol–water partition coefficient (Wildman–Crippen LogP) is 0.981. The third kappa shape index (κ3) is 20.8.